The number of ketones is 2. The summed E-state index contributed by atoms with van der Waals surface area (Å²) in [5.41, 5.74) is 7.16. The molecule has 4 aliphatic rings. The van der Waals surface area contributed by atoms with Gasteiger partial charge < -0.3 is 4.90 Å². The minimum absolute atomic E-state index is 0.0366. The maximum absolute atomic E-state index is 13.1. The molecule has 5 rings (SSSR count). The molecule has 0 heterocycles. The summed E-state index contributed by atoms with van der Waals surface area (Å²) in [7, 11) is 0. The lowest BCUT2D eigenvalue weighted by atomic mass is 9.50. The highest BCUT2D eigenvalue weighted by atomic mass is 16.1. The molecule has 2 fully saturated rings. The number of hydrogen-bond donors (Lipinski definition) is 0. The fraction of sp³-hybridized carbons (Fsp3) is 0.636. The normalized spacial score (nSPS) is 35.6. The number of Topliss-reactive ketones (excluding diaryl/α,β-unsaturated/α-hetero) is 1. The second-order valence-corrected chi connectivity index (χ2v) is 12.4. The van der Waals surface area contributed by atoms with E-state index in [2.05, 4.69) is 63.8 Å². The molecule has 0 radical (unpaired) electrons. The van der Waals surface area contributed by atoms with Crippen molar-refractivity contribution in [3.8, 4) is 0 Å². The number of anilines is 1. The molecule has 0 aliphatic heterocycles. The molecule has 0 aromatic heterocycles. The molecule has 0 N–H and O–H groups in total. The predicted molar refractivity (Wildman–Crippen MR) is 148 cm³/mol. The van der Waals surface area contributed by atoms with Crippen LogP contribution < -0.4 is 4.90 Å². The second kappa shape index (κ2) is 9.62. The van der Waals surface area contributed by atoms with E-state index in [1.165, 1.54) is 28.8 Å². The maximum Gasteiger partial charge on any atom is 0.156 e. The number of fused-ring (bicyclic) bond motifs is 4. The largest absolute Gasteiger partial charge is 0.372 e. The van der Waals surface area contributed by atoms with Gasteiger partial charge in [0.05, 0.1) is 0 Å². The van der Waals surface area contributed by atoms with E-state index in [1.807, 2.05) is 13.0 Å². The molecular weight excluding hydrogens is 442 g/mol. The smallest absolute Gasteiger partial charge is 0.156 e. The first-order valence-corrected chi connectivity index (χ1v) is 14.6. The fourth-order valence-corrected chi connectivity index (χ4v) is 9.14. The first-order chi connectivity index (χ1) is 17.2. The van der Waals surface area contributed by atoms with E-state index in [0.717, 1.165) is 38.8 Å². The van der Waals surface area contributed by atoms with Crippen molar-refractivity contribution in [2.24, 2.45) is 35.0 Å². The van der Waals surface area contributed by atoms with Gasteiger partial charge in [-0.1, -0.05) is 44.9 Å². The van der Waals surface area contributed by atoms with Crippen molar-refractivity contribution in [3.05, 3.63) is 52.6 Å². The molecule has 0 saturated heterocycles. The summed E-state index contributed by atoms with van der Waals surface area (Å²) in [5, 5.41) is 0. The quantitative estimate of drug-likeness (QED) is 0.416. The third-order valence-electron chi connectivity index (χ3n) is 10.6. The van der Waals surface area contributed by atoms with Crippen molar-refractivity contribution < 1.29 is 9.59 Å². The molecule has 1 aromatic rings. The Morgan fingerprint density at radius 2 is 1.75 bits per heavy atom. The SMILES string of the molecule is CC[C@@H]1C[C@H]2[C@@H]3C[C@H](C)C4=CC(=O)CCC4=C3[C@@H](c3ccc(N(CC)CC)cc3)C[C@]2(C)[C@H]1C(C)=O. The molecule has 3 nitrogen and oxygen atoms in total. The van der Waals surface area contributed by atoms with E-state index in [-0.39, 0.29) is 11.3 Å². The van der Waals surface area contributed by atoms with Gasteiger partial charge >= 0.3 is 0 Å². The van der Waals surface area contributed by atoms with Gasteiger partial charge in [0.15, 0.2) is 5.78 Å². The van der Waals surface area contributed by atoms with E-state index in [0.29, 0.717) is 47.6 Å². The zero-order valence-electron chi connectivity index (χ0n) is 23.3. The number of hydrogen-bond acceptors (Lipinski definition) is 3. The zero-order valence-corrected chi connectivity index (χ0v) is 23.3. The molecule has 194 valence electrons. The van der Waals surface area contributed by atoms with Crippen LogP contribution in [-0.2, 0) is 9.59 Å². The summed E-state index contributed by atoms with van der Waals surface area (Å²) < 4.78 is 0. The predicted octanol–water partition coefficient (Wildman–Crippen LogP) is 7.52. The van der Waals surface area contributed by atoms with Gasteiger partial charge in [-0.3, -0.25) is 9.59 Å². The van der Waals surface area contributed by atoms with E-state index < -0.39 is 0 Å². The molecule has 7 atom stereocenters. The van der Waals surface area contributed by atoms with Gasteiger partial charge in [-0.2, -0.15) is 0 Å². The first-order valence-electron chi connectivity index (χ1n) is 14.6. The average molecular weight is 488 g/mol. The Labute approximate surface area is 218 Å². The molecule has 0 amide bonds. The first kappa shape index (κ1) is 25.5. The van der Waals surface area contributed by atoms with E-state index in [1.54, 1.807) is 5.57 Å². The summed E-state index contributed by atoms with van der Waals surface area (Å²) in [5.74, 6) is 3.18. The lowest BCUT2D eigenvalue weighted by Gasteiger charge is -2.53. The van der Waals surface area contributed by atoms with Crippen LogP contribution in [0.5, 0.6) is 0 Å². The molecule has 0 bridgehead atoms. The van der Waals surface area contributed by atoms with Crippen molar-refractivity contribution in [2.45, 2.75) is 86.0 Å². The highest BCUT2D eigenvalue weighted by Crippen LogP contribution is 2.67. The summed E-state index contributed by atoms with van der Waals surface area (Å²) in [6.07, 6.45) is 7.95. The van der Waals surface area contributed by atoms with Gasteiger partial charge in [-0.15, -0.1) is 0 Å². The summed E-state index contributed by atoms with van der Waals surface area (Å²) in [4.78, 5) is 28.0. The average Bonchev–Trinajstić information content (AvgIpc) is 3.17. The molecule has 0 unspecified atom stereocenters. The third kappa shape index (κ3) is 3.92. The molecule has 36 heavy (non-hydrogen) atoms. The molecular formula is C33H45NO2. The van der Waals surface area contributed by atoms with Crippen LogP contribution >= 0.6 is 0 Å². The Balaban J connectivity index is 1.66. The van der Waals surface area contributed by atoms with Crippen LogP contribution in [0.4, 0.5) is 5.69 Å². The van der Waals surface area contributed by atoms with Crippen LogP contribution in [-0.4, -0.2) is 24.7 Å². The third-order valence-corrected chi connectivity index (χ3v) is 10.6. The van der Waals surface area contributed by atoms with Gasteiger partial charge in [-0.25, -0.2) is 0 Å². The molecule has 4 aliphatic carbocycles. The summed E-state index contributed by atoms with van der Waals surface area (Å²) in [6.45, 7) is 15.4. The monoisotopic (exact) mass is 487 g/mol. The van der Waals surface area contributed by atoms with E-state index in [4.69, 9.17) is 0 Å². The summed E-state index contributed by atoms with van der Waals surface area (Å²) in [6, 6.07) is 9.32. The molecule has 1 aromatic carbocycles. The van der Waals surface area contributed by atoms with Crippen LogP contribution in [0, 0.1) is 35.0 Å². The topological polar surface area (TPSA) is 37.4 Å². The Morgan fingerprint density at radius 3 is 2.36 bits per heavy atom. The number of benzene rings is 1. The van der Waals surface area contributed by atoms with Gasteiger partial charge in [0.1, 0.15) is 5.78 Å². The van der Waals surface area contributed by atoms with Crippen LogP contribution in [0.1, 0.15) is 91.5 Å². The van der Waals surface area contributed by atoms with Gasteiger partial charge in [0.25, 0.3) is 0 Å². The maximum atomic E-state index is 13.1. The van der Waals surface area contributed by atoms with Crippen LogP contribution in [0.15, 0.2) is 47.1 Å². The van der Waals surface area contributed by atoms with Gasteiger partial charge in [0, 0.05) is 37.0 Å². The molecule has 2 saturated carbocycles. The van der Waals surface area contributed by atoms with Crippen LogP contribution in [0.2, 0.25) is 0 Å². The zero-order chi connectivity index (χ0) is 25.8. The number of carbonyl (C=O) groups excluding carboxylic acids is 2. The summed E-state index contributed by atoms with van der Waals surface area (Å²) >= 11 is 0. The molecule has 0 spiro atoms. The van der Waals surface area contributed by atoms with Crippen molar-refractivity contribution in [2.75, 3.05) is 18.0 Å². The Morgan fingerprint density at radius 1 is 1.06 bits per heavy atom. The fourth-order valence-electron chi connectivity index (χ4n) is 9.14. The minimum atomic E-state index is 0.0366. The number of allylic oxidation sites excluding steroid dienone is 4. The van der Waals surface area contributed by atoms with Crippen molar-refractivity contribution >= 4 is 17.3 Å². The van der Waals surface area contributed by atoms with Crippen molar-refractivity contribution in [1.82, 2.24) is 0 Å². The standard InChI is InChI=1S/C33H45NO2/c1-7-22-17-30-28-16-20(4)27-18-25(36)14-15-26(27)31(28)29(19-33(30,6)32(22)21(5)35)23-10-12-24(13-11-23)34(8-2)9-3/h10-13,18,20,22,28-30,32H,7-9,14-17,19H2,1-6H3/t20-,22+,28-,29+,30-,32-,33-/m0/s1. The van der Waals surface area contributed by atoms with Gasteiger partial charge in [-0.05, 0) is 110 Å². The lowest BCUT2D eigenvalue weighted by Crippen LogP contribution is -2.46. The Kier molecular flexibility index (Phi) is 6.81. The Hall–Kier alpha value is -2.16. The minimum Gasteiger partial charge on any atom is -0.372 e. The molecule has 3 heteroatoms. The number of rotatable bonds is 6. The van der Waals surface area contributed by atoms with Crippen LogP contribution in [0.3, 0.4) is 0 Å². The highest BCUT2D eigenvalue weighted by molar-refractivity contribution is 5.93. The van der Waals surface area contributed by atoms with Gasteiger partial charge in [0.2, 0.25) is 0 Å². The Bertz CT molecular complexity index is 1090. The van der Waals surface area contributed by atoms with E-state index in [9.17, 15) is 9.59 Å². The highest BCUT2D eigenvalue weighted by Gasteiger charge is 2.60. The van der Waals surface area contributed by atoms with Crippen LogP contribution in [0.25, 0.3) is 0 Å². The van der Waals surface area contributed by atoms with E-state index >= 15 is 0 Å². The second-order valence-electron chi connectivity index (χ2n) is 12.4. The lowest BCUT2D eigenvalue weighted by molar-refractivity contribution is -0.127. The van der Waals surface area contributed by atoms with Crippen molar-refractivity contribution in [1.29, 1.82) is 0 Å². The number of nitrogens with zero attached hydrogens (tertiary/aromatic N) is 1. The number of carbonyl (C=O) groups is 2. The van der Waals surface area contributed by atoms with Crippen molar-refractivity contribution in [3.63, 3.8) is 0 Å².